The monoisotopic (exact) mass is 316 g/mol. The van der Waals surface area contributed by atoms with Gasteiger partial charge in [-0.15, -0.1) is 0 Å². The van der Waals surface area contributed by atoms with Gasteiger partial charge < -0.3 is 10.2 Å². The normalized spacial score (nSPS) is 12.8. The SMILES string of the molecule is Cc1ccc2cc(C(N)c3ccc(Br)o3)ccc2n1. The second kappa shape index (κ2) is 4.79. The number of nitrogens with two attached hydrogens (primary N) is 1. The van der Waals surface area contributed by atoms with Crippen LogP contribution in [0.25, 0.3) is 10.9 Å². The van der Waals surface area contributed by atoms with Crippen molar-refractivity contribution in [2.75, 3.05) is 0 Å². The van der Waals surface area contributed by atoms with Crippen LogP contribution in [-0.2, 0) is 0 Å². The van der Waals surface area contributed by atoms with Crippen molar-refractivity contribution in [2.45, 2.75) is 13.0 Å². The molecule has 1 aromatic carbocycles. The van der Waals surface area contributed by atoms with Gasteiger partial charge in [-0.2, -0.15) is 0 Å². The number of aryl methyl sites for hydroxylation is 1. The van der Waals surface area contributed by atoms with E-state index < -0.39 is 0 Å². The zero-order valence-corrected chi connectivity index (χ0v) is 12.0. The summed E-state index contributed by atoms with van der Waals surface area (Å²) in [7, 11) is 0. The van der Waals surface area contributed by atoms with E-state index in [4.69, 9.17) is 10.2 Å². The lowest BCUT2D eigenvalue weighted by atomic mass is 10.0. The zero-order valence-electron chi connectivity index (χ0n) is 10.4. The average molecular weight is 317 g/mol. The molecule has 0 bridgehead atoms. The predicted molar refractivity (Wildman–Crippen MR) is 78.9 cm³/mol. The minimum Gasteiger partial charge on any atom is -0.452 e. The van der Waals surface area contributed by atoms with Gasteiger partial charge in [-0.1, -0.05) is 12.1 Å². The van der Waals surface area contributed by atoms with E-state index in [1.54, 1.807) is 0 Å². The highest BCUT2D eigenvalue weighted by Gasteiger charge is 2.13. The van der Waals surface area contributed by atoms with Gasteiger partial charge in [0.2, 0.25) is 0 Å². The van der Waals surface area contributed by atoms with Gasteiger partial charge in [-0.25, -0.2) is 0 Å². The van der Waals surface area contributed by atoms with Crippen molar-refractivity contribution in [3.8, 4) is 0 Å². The smallest absolute Gasteiger partial charge is 0.169 e. The Bertz CT molecular complexity index is 736. The van der Waals surface area contributed by atoms with Crippen LogP contribution in [0.2, 0.25) is 0 Å². The van der Waals surface area contributed by atoms with Crippen molar-refractivity contribution in [1.29, 1.82) is 0 Å². The molecule has 1 atom stereocenters. The van der Waals surface area contributed by atoms with Crippen LogP contribution in [0, 0.1) is 6.92 Å². The molecule has 3 rings (SSSR count). The molecule has 3 aromatic rings. The first-order valence-electron chi connectivity index (χ1n) is 6.01. The number of benzene rings is 1. The van der Waals surface area contributed by atoms with Crippen LogP contribution in [0.5, 0.6) is 0 Å². The summed E-state index contributed by atoms with van der Waals surface area (Å²) in [5.41, 5.74) is 9.23. The fourth-order valence-corrected chi connectivity index (χ4v) is 2.42. The van der Waals surface area contributed by atoms with E-state index in [-0.39, 0.29) is 6.04 Å². The molecule has 3 nitrogen and oxygen atoms in total. The Morgan fingerprint density at radius 2 is 2.00 bits per heavy atom. The Labute approximate surface area is 119 Å². The van der Waals surface area contributed by atoms with E-state index in [0.717, 1.165) is 27.9 Å². The summed E-state index contributed by atoms with van der Waals surface area (Å²) >= 11 is 3.29. The van der Waals surface area contributed by atoms with Gasteiger partial charge in [0.15, 0.2) is 4.67 Å². The molecule has 0 fully saturated rings. The summed E-state index contributed by atoms with van der Waals surface area (Å²) < 4.78 is 6.20. The first-order valence-corrected chi connectivity index (χ1v) is 6.81. The van der Waals surface area contributed by atoms with Crippen molar-refractivity contribution in [1.82, 2.24) is 4.98 Å². The van der Waals surface area contributed by atoms with E-state index in [1.165, 1.54) is 0 Å². The third kappa shape index (κ3) is 2.41. The molecule has 96 valence electrons. The third-order valence-corrected chi connectivity index (χ3v) is 3.54. The lowest BCUT2D eigenvalue weighted by Crippen LogP contribution is -2.10. The van der Waals surface area contributed by atoms with Gasteiger partial charge in [0.05, 0.1) is 11.6 Å². The van der Waals surface area contributed by atoms with Crippen molar-refractivity contribution >= 4 is 26.8 Å². The topological polar surface area (TPSA) is 52.0 Å². The molecular formula is C15H13BrN2O. The molecule has 0 saturated carbocycles. The van der Waals surface area contributed by atoms with Crippen LogP contribution in [0.3, 0.4) is 0 Å². The van der Waals surface area contributed by atoms with Crippen LogP contribution in [-0.4, -0.2) is 4.98 Å². The van der Waals surface area contributed by atoms with E-state index >= 15 is 0 Å². The molecule has 0 radical (unpaired) electrons. The summed E-state index contributed by atoms with van der Waals surface area (Å²) in [4.78, 5) is 4.48. The quantitative estimate of drug-likeness (QED) is 0.779. The number of fused-ring (bicyclic) bond motifs is 1. The maximum atomic E-state index is 6.22. The molecule has 2 N–H and O–H groups in total. The van der Waals surface area contributed by atoms with Crippen LogP contribution in [0.1, 0.15) is 23.1 Å². The van der Waals surface area contributed by atoms with E-state index in [0.29, 0.717) is 4.67 Å². The fourth-order valence-electron chi connectivity index (χ4n) is 2.10. The standard InChI is InChI=1S/C15H13BrN2O/c1-9-2-3-10-8-11(4-5-12(10)18-9)15(17)13-6-7-14(16)19-13/h2-8,15H,17H2,1H3. The number of rotatable bonds is 2. The summed E-state index contributed by atoms with van der Waals surface area (Å²) in [5.74, 6) is 0.742. The first-order chi connectivity index (χ1) is 9.13. The average Bonchev–Trinajstić information content (AvgIpc) is 2.84. The summed E-state index contributed by atoms with van der Waals surface area (Å²) in [6.45, 7) is 1.99. The minimum atomic E-state index is -0.267. The van der Waals surface area contributed by atoms with Crippen molar-refractivity contribution in [2.24, 2.45) is 5.73 Å². The lowest BCUT2D eigenvalue weighted by Gasteiger charge is -2.10. The maximum Gasteiger partial charge on any atom is 0.169 e. The Balaban J connectivity index is 2.03. The molecule has 0 amide bonds. The van der Waals surface area contributed by atoms with Gasteiger partial charge >= 0.3 is 0 Å². The van der Waals surface area contributed by atoms with Gasteiger partial charge in [0.25, 0.3) is 0 Å². The van der Waals surface area contributed by atoms with Gasteiger partial charge in [0.1, 0.15) is 5.76 Å². The summed E-state index contributed by atoms with van der Waals surface area (Å²) in [6.07, 6.45) is 0. The molecule has 4 heteroatoms. The molecular weight excluding hydrogens is 304 g/mol. The molecule has 2 aromatic heterocycles. The molecule has 0 spiro atoms. The summed E-state index contributed by atoms with van der Waals surface area (Å²) in [6, 6.07) is 13.6. The number of pyridine rings is 1. The highest BCUT2D eigenvalue weighted by atomic mass is 79.9. The van der Waals surface area contributed by atoms with Crippen LogP contribution in [0.4, 0.5) is 0 Å². The van der Waals surface area contributed by atoms with E-state index in [9.17, 15) is 0 Å². The molecule has 1 unspecified atom stereocenters. The molecule has 0 aliphatic heterocycles. The van der Waals surface area contributed by atoms with Crippen LogP contribution in [0.15, 0.2) is 51.6 Å². The fraction of sp³-hybridized carbons (Fsp3) is 0.133. The molecule has 2 heterocycles. The Hall–Kier alpha value is -1.65. The van der Waals surface area contributed by atoms with Crippen LogP contribution < -0.4 is 5.73 Å². The van der Waals surface area contributed by atoms with Crippen LogP contribution >= 0.6 is 15.9 Å². The van der Waals surface area contributed by atoms with E-state index in [1.807, 2.05) is 37.3 Å². The number of halogens is 1. The largest absolute Gasteiger partial charge is 0.452 e. The summed E-state index contributed by atoms with van der Waals surface area (Å²) in [5, 5.41) is 1.09. The maximum absolute atomic E-state index is 6.22. The first kappa shape index (κ1) is 12.4. The molecule has 19 heavy (non-hydrogen) atoms. The minimum absolute atomic E-state index is 0.267. The highest BCUT2D eigenvalue weighted by Crippen LogP contribution is 2.26. The van der Waals surface area contributed by atoms with Gasteiger partial charge in [-0.05, 0) is 58.7 Å². The van der Waals surface area contributed by atoms with E-state index in [2.05, 4.69) is 33.0 Å². The number of hydrogen-bond acceptors (Lipinski definition) is 3. The van der Waals surface area contributed by atoms with Gasteiger partial charge in [0, 0.05) is 11.1 Å². The number of nitrogens with zero attached hydrogens (tertiary/aromatic N) is 1. The molecule has 0 saturated heterocycles. The Kier molecular flexibility index (Phi) is 3.12. The van der Waals surface area contributed by atoms with Crippen molar-refractivity contribution in [3.05, 3.63) is 64.2 Å². The number of furan rings is 1. The highest BCUT2D eigenvalue weighted by molar-refractivity contribution is 9.10. The second-order valence-corrected chi connectivity index (χ2v) is 5.31. The number of aromatic nitrogens is 1. The third-order valence-electron chi connectivity index (χ3n) is 3.11. The predicted octanol–water partition coefficient (Wildman–Crippen LogP) is 3.95. The Morgan fingerprint density at radius 3 is 2.74 bits per heavy atom. The molecule has 0 aliphatic carbocycles. The van der Waals surface area contributed by atoms with Crippen molar-refractivity contribution < 1.29 is 4.42 Å². The zero-order chi connectivity index (χ0) is 13.4. The van der Waals surface area contributed by atoms with Crippen molar-refractivity contribution in [3.63, 3.8) is 0 Å². The number of hydrogen-bond donors (Lipinski definition) is 1. The Morgan fingerprint density at radius 1 is 1.16 bits per heavy atom. The second-order valence-electron chi connectivity index (χ2n) is 4.52. The lowest BCUT2D eigenvalue weighted by molar-refractivity contribution is 0.470. The van der Waals surface area contributed by atoms with Gasteiger partial charge in [-0.3, -0.25) is 4.98 Å². The molecule has 0 aliphatic rings.